The van der Waals surface area contributed by atoms with Crippen LogP contribution >= 0.6 is 0 Å². The van der Waals surface area contributed by atoms with Crippen molar-refractivity contribution < 1.29 is 9.65 Å². The van der Waals surface area contributed by atoms with E-state index in [9.17, 15) is 4.91 Å². The third kappa shape index (κ3) is 3.75. The first-order chi connectivity index (χ1) is 9.70. The van der Waals surface area contributed by atoms with Gasteiger partial charge in [0.1, 0.15) is 5.52 Å². The van der Waals surface area contributed by atoms with Crippen LogP contribution in [0.25, 0.3) is 11.0 Å². The number of fused-ring (bicyclic) bond motifs is 1. The fourth-order valence-corrected chi connectivity index (χ4v) is 1.95. The van der Waals surface area contributed by atoms with Crippen LogP contribution in [0, 0.1) is 4.91 Å². The molecule has 0 atom stereocenters. The summed E-state index contributed by atoms with van der Waals surface area (Å²) in [6, 6.07) is 7.18. The van der Waals surface area contributed by atoms with Crippen molar-refractivity contribution in [2.75, 3.05) is 38.6 Å². The van der Waals surface area contributed by atoms with Gasteiger partial charge < -0.3 is 15.3 Å². The number of aliphatic hydroxyl groups is 1. The Morgan fingerprint density at radius 2 is 2.20 bits per heavy atom. The van der Waals surface area contributed by atoms with Crippen molar-refractivity contribution in [3.63, 3.8) is 0 Å². The van der Waals surface area contributed by atoms with Gasteiger partial charge in [0, 0.05) is 19.2 Å². The van der Waals surface area contributed by atoms with Crippen LogP contribution in [0.4, 0.5) is 5.95 Å². The molecule has 7 heteroatoms. The van der Waals surface area contributed by atoms with Crippen LogP contribution in [0.15, 0.2) is 24.3 Å². The van der Waals surface area contributed by atoms with Crippen molar-refractivity contribution in [2.45, 2.75) is 6.42 Å². The number of para-hydroxylation sites is 2. The molecule has 1 aromatic carbocycles. The predicted molar refractivity (Wildman–Crippen MR) is 77.2 cm³/mol. The van der Waals surface area contributed by atoms with Crippen LogP contribution in [0.5, 0.6) is 0 Å². The van der Waals surface area contributed by atoms with E-state index in [0.29, 0.717) is 34.6 Å². The standard InChI is InChI=1S/C13H20N5O2/c1-17(9-10-19)8-4-7-14-13-15-11-5-2-3-6-12(11)18(20)16-13/h2-3,5-6,19H,4,7-10H2,1H3,(H2,14,15,16,20)/q+1. The van der Waals surface area contributed by atoms with Gasteiger partial charge in [-0.15, -0.1) is 0 Å². The largest absolute Gasteiger partial charge is 0.395 e. The molecule has 0 aliphatic heterocycles. The zero-order valence-electron chi connectivity index (χ0n) is 11.5. The summed E-state index contributed by atoms with van der Waals surface area (Å²) in [6.07, 6.45) is 0.900. The third-order valence-electron chi connectivity index (χ3n) is 3.03. The quantitative estimate of drug-likeness (QED) is 0.497. The minimum absolute atomic E-state index is 0.167. The lowest BCUT2D eigenvalue weighted by Crippen LogP contribution is -2.26. The van der Waals surface area contributed by atoms with Gasteiger partial charge in [-0.2, -0.15) is 0 Å². The summed E-state index contributed by atoms with van der Waals surface area (Å²) in [5.41, 5.74) is 1.17. The lowest BCUT2D eigenvalue weighted by atomic mass is 10.3. The third-order valence-corrected chi connectivity index (χ3v) is 3.03. The molecule has 0 fully saturated rings. The van der Waals surface area contributed by atoms with Crippen molar-refractivity contribution in [3.8, 4) is 0 Å². The maximum Gasteiger partial charge on any atom is 0.317 e. The normalized spacial score (nSPS) is 11.2. The molecule has 2 rings (SSSR count). The Bertz CT molecular complexity index is 613. The van der Waals surface area contributed by atoms with Crippen LogP contribution in [-0.4, -0.2) is 53.4 Å². The zero-order valence-corrected chi connectivity index (χ0v) is 11.5. The van der Waals surface area contributed by atoms with Gasteiger partial charge in [0.25, 0.3) is 5.95 Å². The number of hydrogen-bond donors (Lipinski definition) is 3. The highest BCUT2D eigenvalue weighted by Gasteiger charge is 2.09. The van der Waals surface area contributed by atoms with E-state index in [0.717, 1.165) is 13.0 Å². The molecule has 3 N–H and O–H groups in total. The van der Waals surface area contributed by atoms with Gasteiger partial charge in [-0.25, -0.2) is 4.98 Å². The molecule has 0 saturated carbocycles. The lowest BCUT2D eigenvalue weighted by Gasteiger charge is -2.14. The highest BCUT2D eigenvalue weighted by Crippen LogP contribution is 2.06. The smallest absolute Gasteiger partial charge is 0.317 e. The monoisotopic (exact) mass is 278 g/mol. The summed E-state index contributed by atoms with van der Waals surface area (Å²) in [6.45, 7) is 2.41. The number of H-pyrrole nitrogens is 1. The minimum atomic E-state index is 0.167. The molecule has 7 nitrogen and oxygen atoms in total. The SMILES string of the molecule is CN(CCO)CCCNc1nc2ccccc2[n+](=O)[nH]1. The van der Waals surface area contributed by atoms with Crippen molar-refractivity contribution in [2.24, 2.45) is 0 Å². The molecule has 20 heavy (non-hydrogen) atoms. The van der Waals surface area contributed by atoms with E-state index >= 15 is 0 Å². The van der Waals surface area contributed by atoms with Crippen molar-refractivity contribution in [1.82, 2.24) is 15.0 Å². The number of nitrogens with one attached hydrogen (secondary N) is 2. The zero-order chi connectivity index (χ0) is 14.4. The van der Waals surface area contributed by atoms with E-state index in [1.807, 2.05) is 18.0 Å². The van der Waals surface area contributed by atoms with Crippen LogP contribution in [-0.2, 0) is 0 Å². The number of benzene rings is 1. The maximum atomic E-state index is 11.8. The Morgan fingerprint density at radius 3 is 3.00 bits per heavy atom. The predicted octanol–water partition coefficient (Wildman–Crippen LogP) is 0.203. The Kier molecular flexibility index (Phi) is 5.03. The van der Waals surface area contributed by atoms with Gasteiger partial charge in [-0.1, -0.05) is 17.2 Å². The van der Waals surface area contributed by atoms with Gasteiger partial charge in [0.15, 0.2) is 4.54 Å². The second kappa shape index (κ2) is 6.97. The molecule has 0 saturated heterocycles. The molecule has 0 aliphatic rings. The van der Waals surface area contributed by atoms with E-state index < -0.39 is 0 Å². The maximum absolute atomic E-state index is 11.8. The van der Waals surface area contributed by atoms with Crippen LogP contribution in [0.1, 0.15) is 6.42 Å². The minimum Gasteiger partial charge on any atom is -0.395 e. The Hall–Kier alpha value is -1.99. The first-order valence-corrected chi connectivity index (χ1v) is 6.65. The van der Waals surface area contributed by atoms with Crippen LogP contribution in [0.2, 0.25) is 0 Å². The number of likely N-dealkylation sites (N-methyl/N-ethyl adjacent to an activating group) is 1. The topological polar surface area (TPSA) is 87.2 Å². The van der Waals surface area contributed by atoms with Gasteiger partial charge in [0.05, 0.1) is 11.5 Å². The number of nitrogens with zero attached hydrogens (tertiary/aromatic N) is 3. The molecule has 0 amide bonds. The molecule has 0 spiro atoms. The molecule has 0 aliphatic carbocycles. The Morgan fingerprint density at radius 1 is 1.40 bits per heavy atom. The number of anilines is 1. The number of aromatic nitrogens is 3. The molecule has 1 heterocycles. The second-order valence-corrected chi connectivity index (χ2v) is 4.66. The average molecular weight is 278 g/mol. The number of aliphatic hydroxyl groups excluding tert-OH is 1. The number of rotatable bonds is 7. The molecule has 0 unspecified atom stereocenters. The molecule has 2 aromatic rings. The van der Waals surface area contributed by atoms with Crippen molar-refractivity contribution >= 4 is 17.0 Å². The summed E-state index contributed by atoms with van der Waals surface area (Å²) >= 11 is 0. The second-order valence-electron chi connectivity index (χ2n) is 4.66. The highest BCUT2D eigenvalue weighted by molar-refractivity contribution is 5.70. The van der Waals surface area contributed by atoms with Gasteiger partial charge >= 0.3 is 5.52 Å². The molecular weight excluding hydrogens is 258 g/mol. The summed E-state index contributed by atoms with van der Waals surface area (Å²) in [5.74, 6) is 0.462. The van der Waals surface area contributed by atoms with Crippen LogP contribution in [0.3, 0.4) is 0 Å². The summed E-state index contributed by atoms with van der Waals surface area (Å²) in [5, 5.41) is 14.5. The molecule has 108 valence electrons. The van der Waals surface area contributed by atoms with Gasteiger partial charge in [0.2, 0.25) is 0 Å². The van der Waals surface area contributed by atoms with Gasteiger partial charge in [-0.05, 0) is 26.1 Å². The fraction of sp³-hybridized carbons (Fsp3) is 0.462. The van der Waals surface area contributed by atoms with E-state index in [4.69, 9.17) is 5.11 Å². The highest BCUT2D eigenvalue weighted by atomic mass is 16.3. The average Bonchev–Trinajstić information content (AvgIpc) is 2.44. The van der Waals surface area contributed by atoms with Crippen LogP contribution < -0.4 is 9.86 Å². The number of aromatic amines is 1. The number of hydrogen-bond acceptors (Lipinski definition) is 5. The molecular formula is C13H20N5O2+. The fourth-order valence-electron chi connectivity index (χ4n) is 1.95. The summed E-state index contributed by atoms with van der Waals surface area (Å²) in [7, 11) is 1.96. The van der Waals surface area contributed by atoms with E-state index in [2.05, 4.69) is 15.4 Å². The summed E-state index contributed by atoms with van der Waals surface area (Å²) < 4.78 is 0.711. The molecule has 0 bridgehead atoms. The van der Waals surface area contributed by atoms with Crippen molar-refractivity contribution in [3.05, 3.63) is 29.2 Å². The van der Waals surface area contributed by atoms with Gasteiger partial charge in [-0.3, -0.25) is 0 Å². The van der Waals surface area contributed by atoms with E-state index in [1.165, 1.54) is 0 Å². The summed E-state index contributed by atoms with van der Waals surface area (Å²) in [4.78, 5) is 18.2. The first-order valence-electron chi connectivity index (χ1n) is 6.65. The lowest BCUT2D eigenvalue weighted by molar-refractivity contribution is -0.535. The Balaban J connectivity index is 1.92. The van der Waals surface area contributed by atoms with E-state index in [1.54, 1.807) is 18.2 Å². The van der Waals surface area contributed by atoms with Crippen molar-refractivity contribution in [1.29, 1.82) is 0 Å². The first kappa shape index (κ1) is 14.4. The Labute approximate surface area is 116 Å². The van der Waals surface area contributed by atoms with E-state index in [-0.39, 0.29) is 6.61 Å². The molecule has 1 aromatic heterocycles. The molecule has 0 radical (unpaired) electrons.